The van der Waals surface area contributed by atoms with Crippen molar-refractivity contribution < 1.29 is 14.7 Å². The SMILES string of the molecule is CCC(C)C(NC(=O)NCC1CCCCC1)C(=O)O. The lowest BCUT2D eigenvalue weighted by Crippen LogP contribution is -2.49. The first-order valence-electron chi connectivity index (χ1n) is 7.31. The van der Waals surface area contributed by atoms with E-state index in [0.717, 1.165) is 19.3 Å². The molecule has 0 bridgehead atoms. The number of nitrogens with one attached hydrogen (secondary N) is 2. The summed E-state index contributed by atoms with van der Waals surface area (Å²) < 4.78 is 0. The molecule has 19 heavy (non-hydrogen) atoms. The maximum absolute atomic E-state index is 11.7. The first-order valence-corrected chi connectivity index (χ1v) is 7.31. The maximum Gasteiger partial charge on any atom is 0.326 e. The second-order valence-corrected chi connectivity index (χ2v) is 5.56. The van der Waals surface area contributed by atoms with E-state index < -0.39 is 12.0 Å². The molecule has 110 valence electrons. The van der Waals surface area contributed by atoms with Crippen LogP contribution in [0.25, 0.3) is 0 Å². The van der Waals surface area contributed by atoms with Crippen molar-refractivity contribution in [2.24, 2.45) is 11.8 Å². The molecule has 2 unspecified atom stereocenters. The van der Waals surface area contributed by atoms with E-state index in [4.69, 9.17) is 5.11 Å². The molecule has 0 aromatic heterocycles. The third kappa shape index (κ3) is 5.49. The molecule has 0 aliphatic heterocycles. The molecule has 2 amide bonds. The molecule has 1 aliphatic rings. The first kappa shape index (κ1) is 15.8. The lowest BCUT2D eigenvalue weighted by atomic mass is 9.89. The molecule has 0 aromatic rings. The van der Waals surface area contributed by atoms with Gasteiger partial charge in [0, 0.05) is 6.54 Å². The molecule has 5 heteroatoms. The summed E-state index contributed by atoms with van der Waals surface area (Å²) >= 11 is 0. The lowest BCUT2D eigenvalue weighted by molar-refractivity contribution is -0.140. The molecule has 5 nitrogen and oxygen atoms in total. The van der Waals surface area contributed by atoms with Crippen LogP contribution in [-0.4, -0.2) is 29.7 Å². The number of carboxylic acid groups (broad SMARTS) is 1. The van der Waals surface area contributed by atoms with Crippen LogP contribution in [-0.2, 0) is 4.79 Å². The van der Waals surface area contributed by atoms with Crippen molar-refractivity contribution in [3.05, 3.63) is 0 Å². The lowest BCUT2D eigenvalue weighted by Gasteiger charge is -2.24. The predicted molar refractivity (Wildman–Crippen MR) is 74.0 cm³/mol. The minimum Gasteiger partial charge on any atom is -0.480 e. The average molecular weight is 270 g/mol. The van der Waals surface area contributed by atoms with Crippen LogP contribution in [0.2, 0.25) is 0 Å². The van der Waals surface area contributed by atoms with E-state index in [-0.39, 0.29) is 11.9 Å². The van der Waals surface area contributed by atoms with Crippen LogP contribution in [0, 0.1) is 11.8 Å². The average Bonchev–Trinajstić information content (AvgIpc) is 2.42. The standard InChI is InChI=1S/C14H26N2O3/c1-3-10(2)12(13(17)18)16-14(19)15-9-11-7-5-4-6-8-11/h10-12H,3-9H2,1-2H3,(H,17,18)(H2,15,16,19). The monoisotopic (exact) mass is 270 g/mol. The molecule has 0 saturated heterocycles. The Kier molecular flexibility index (Phi) is 6.67. The van der Waals surface area contributed by atoms with Crippen LogP contribution in [0.15, 0.2) is 0 Å². The van der Waals surface area contributed by atoms with Gasteiger partial charge in [-0.05, 0) is 24.7 Å². The Hall–Kier alpha value is -1.26. The van der Waals surface area contributed by atoms with E-state index in [9.17, 15) is 9.59 Å². The second-order valence-electron chi connectivity index (χ2n) is 5.56. The predicted octanol–water partition coefficient (Wildman–Crippen LogP) is 2.37. The molecule has 1 fully saturated rings. The van der Waals surface area contributed by atoms with Gasteiger partial charge in [-0.25, -0.2) is 9.59 Å². The van der Waals surface area contributed by atoms with Gasteiger partial charge in [0.1, 0.15) is 6.04 Å². The summed E-state index contributed by atoms with van der Waals surface area (Å²) in [4.78, 5) is 22.8. The van der Waals surface area contributed by atoms with E-state index in [1.807, 2.05) is 13.8 Å². The van der Waals surface area contributed by atoms with Crippen molar-refractivity contribution in [2.45, 2.75) is 58.4 Å². The fraction of sp³-hybridized carbons (Fsp3) is 0.857. The van der Waals surface area contributed by atoms with Gasteiger partial charge in [-0.1, -0.05) is 39.5 Å². The Morgan fingerprint density at radius 2 is 1.89 bits per heavy atom. The van der Waals surface area contributed by atoms with Crippen molar-refractivity contribution in [1.29, 1.82) is 0 Å². The number of hydrogen-bond donors (Lipinski definition) is 3. The summed E-state index contributed by atoms with van der Waals surface area (Å²) in [5.41, 5.74) is 0. The Labute approximate surface area is 115 Å². The number of amides is 2. The topological polar surface area (TPSA) is 78.4 Å². The van der Waals surface area contributed by atoms with Crippen molar-refractivity contribution >= 4 is 12.0 Å². The van der Waals surface area contributed by atoms with E-state index >= 15 is 0 Å². The smallest absolute Gasteiger partial charge is 0.326 e. The van der Waals surface area contributed by atoms with Gasteiger partial charge in [-0.15, -0.1) is 0 Å². The molecule has 1 rings (SSSR count). The molecular weight excluding hydrogens is 244 g/mol. The van der Waals surface area contributed by atoms with Gasteiger partial charge in [0.25, 0.3) is 0 Å². The van der Waals surface area contributed by atoms with Crippen molar-refractivity contribution in [1.82, 2.24) is 10.6 Å². The zero-order valence-electron chi connectivity index (χ0n) is 11.9. The summed E-state index contributed by atoms with van der Waals surface area (Å²) in [6.07, 6.45) is 6.80. The normalized spacial score (nSPS) is 19.5. The number of hydrogen-bond acceptors (Lipinski definition) is 2. The molecule has 0 heterocycles. The second kappa shape index (κ2) is 8.02. The number of carbonyl (C=O) groups is 2. The van der Waals surface area contributed by atoms with Crippen LogP contribution in [0.5, 0.6) is 0 Å². The fourth-order valence-corrected chi connectivity index (χ4v) is 2.50. The van der Waals surface area contributed by atoms with E-state index in [1.54, 1.807) is 0 Å². The van der Waals surface area contributed by atoms with Gasteiger partial charge in [-0.3, -0.25) is 0 Å². The highest BCUT2D eigenvalue weighted by atomic mass is 16.4. The summed E-state index contributed by atoms with van der Waals surface area (Å²) in [7, 11) is 0. The van der Waals surface area contributed by atoms with Crippen LogP contribution < -0.4 is 10.6 Å². The fourth-order valence-electron chi connectivity index (χ4n) is 2.50. The maximum atomic E-state index is 11.7. The van der Waals surface area contributed by atoms with Gasteiger partial charge >= 0.3 is 12.0 Å². The molecule has 2 atom stereocenters. The van der Waals surface area contributed by atoms with Crippen LogP contribution in [0.3, 0.4) is 0 Å². The van der Waals surface area contributed by atoms with Crippen LogP contribution in [0.4, 0.5) is 4.79 Å². The Bertz CT molecular complexity index is 301. The van der Waals surface area contributed by atoms with Crippen molar-refractivity contribution in [3.63, 3.8) is 0 Å². The number of rotatable bonds is 6. The van der Waals surface area contributed by atoms with Crippen molar-refractivity contribution in [3.8, 4) is 0 Å². The van der Waals surface area contributed by atoms with E-state index in [1.165, 1.54) is 19.3 Å². The van der Waals surface area contributed by atoms with Crippen LogP contribution in [0.1, 0.15) is 52.4 Å². The van der Waals surface area contributed by atoms with Crippen LogP contribution >= 0.6 is 0 Å². The highest BCUT2D eigenvalue weighted by molar-refractivity contribution is 5.82. The molecular formula is C14H26N2O3. The Balaban J connectivity index is 2.33. The zero-order chi connectivity index (χ0) is 14.3. The quantitative estimate of drug-likeness (QED) is 0.693. The summed E-state index contributed by atoms with van der Waals surface area (Å²) in [5, 5.41) is 14.5. The number of carbonyl (C=O) groups excluding carboxylic acids is 1. The van der Waals surface area contributed by atoms with Gasteiger partial charge in [0.2, 0.25) is 0 Å². The highest BCUT2D eigenvalue weighted by Gasteiger charge is 2.25. The Morgan fingerprint density at radius 3 is 2.42 bits per heavy atom. The largest absolute Gasteiger partial charge is 0.480 e. The Morgan fingerprint density at radius 1 is 1.26 bits per heavy atom. The number of carboxylic acids is 1. The zero-order valence-corrected chi connectivity index (χ0v) is 11.9. The van der Waals surface area contributed by atoms with Crippen molar-refractivity contribution in [2.75, 3.05) is 6.54 Å². The summed E-state index contributed by atoms with van der Waals surface area (Å²) in [6, 6.07) is -1.17. The number of aliphatic carboxylic acids is 1. The van der Waals surface area contributed by atoms with E-state index in [2.05, 4.69) is 10.6 Å². The summed E-state index contributed by atoms with van der Waals surface area (Å²) in [5.74, 6) is -0.494. The van der Waals surface area contributed by atoms with Gasteiger partial charge in [0.05, 0.1) is 0 Å². The molecule has 0 radical (unpaired) electrons. The first-order chi connectivity index (χ1) is 9.04. The highest BCUT2D eigenvalue weighted by Crippen LogP contribution is 2.22. The minimum absolute atomic E-state index is 0.0714. The van der Waals surface area contributed by atoms with Gasteiger partial charge in [-0.2, -0.15) is 0 Å². The molecule has 0 spiro atoms. The third-order valence-electron chi connectivity index (χ3n) is 4.04. The molecule has 0 aromatic carbocycles. The van der Waals surface area contributed by atoms with Gasteiger partial charge in [0.15, 0.2) is 0 Å². The van der Waals surface area contributed by atoms with Gasteiger partial charge < -0.3 is 15.7 Å². The molecule has 1 saturated carbocycles. The van der Waals surface area contributed by atoms with E-state index in [0.29, 0.717) is 12.5 Å². The summed E-state index contributed by atoms with van der Waals surface area (Å²) in [6.45, 7) is 4.40. The number of urea groups is 1. The molecule has 1 aliphatic carbocycles. The third-order valence-corrected chi connectivity index (χ3v) is 4.04. The minimum atomic E-state index is -0.970. The molecule has 3 N–H and O–H groups in total.